The zero-order chi connectivity index (χ0) is 9.84. The number of carbonyl (C=O) groups is 1. The van der Waals surface area contributed by atoms with Crippen molar-refractivity contribution in [2.75, 3.05) is 7.11 Å². The topological polar surface area (TPSA) is 46.5 Å². The molecule has 0 saturated heterocycles. The molecular formula is C9H9BrO3. The lowest BCUT2D eigenvalue weighted by Gasteiger charge is -2.09. The Balaban J connectivity index is 3.25. The average molecular weight is 245 g/mol. The van der Waals surface area contributed by atoms with Crippen molar-refractivity contribution in [3.05, 3.63) is 22.2 Å². The number of ether oxygens (including phenoxy) is 1. The quantitative estimate of drug-likeness (QED) is 0.827. The first-order valence-electron chi connectivity index (χ1n) is 3.68. The van der Waals surface area contributed by atoms with E-state index in [0.29, 0.717) is 11.3 Å². The summed E-state index contributed by atoms with van der Waals surface area (Å²) in [6.07, 6.45) is 0.986. The van der Waals surface area contributed by atoms with Gasteiger partial charge < -0.3 is 14.6 Å². The van der Waals surface area contributed by atoms with Crippen molar-refractivity contribution >= 4 is 22.2 Å². The standard InChI is InChI=1S/C9H9BrO3/c1-13-9-6(4-5-11)7(10)2-3-8(9)12/h2-3,5,12H,4H2,1H3. The molecule has 0 aliphatic carbocycles. The minimum atomic E-state index is 0.0440. The van der Waals surface area contributed by atoms with Crippen molar-refractivity contribution in [3.63, 3.8) is 0 Å². The number of hydrogen-bond donors (Lipinski definition) is 1. The molecule has 0 spiro atoms. The molecule has 0 aliphatic rings. The smallest absolute Gasteiger partial charge is 0.165 e. The Bertz CT molecular complexity index is 323. The van der Waals surface area contributed by atoms with E-state index < -0.39 is 0 Å². The summed E-state index contributed by atoms with van der Waals surface area (Å²) in [4.78, 5) is 10.3. The number of carbonyl (C=O) groups excluding carboxylic acids is 1. The molecule has 0 atom stereocenters. The Hall–Kier alpha value is -1.03. The number of hydrogen-bond acceptors (Lipinski definition) is 3. The van der Waals surface area contributed by atoms with Gasteiger partial charge in [-0.3, -0.25) is 0 Å². The summed E-state index contributed by atoms with van der Waals surface area (Å²) in [5, 5.41) is 9.38. The summed E-state index contributed by atoms with van der Waals surface area (Å²) in [7, 11) is 1.45. The van der Waals surface area contributed by atoms with Gasteiger partial charge in [0.25, 0.3) is 0 Å². The number of phenolic OH excluding ortho intramolecular Hbond substituents is 1. The van der Waals surface area contributed by atoms with Gasteiger partial charge in [-0.25, -0.2) is 0 Å². The van der Waals surface area contributed by atoms with Crippen molar-refractivity contribution in [2.24, 2.45) is 0 Å². The molecule has 0 amide bonds. The van der Waals surface area contributed by atoms with E-state index in [2.05, 4.69) is 15.9 Å². The number of phenols is 1. The highest BCUT2D eigenvalue weighted by Crippen LogP contribution is 2.34. The fourth-order valence-electron chi connectivity index (χ4n) is 1.09. The molecule has 1 N–H and O–H groups in total. The van der Waals surface area contributed by atoms with E-state index in [1.807, 2.05) is 0 Å². The molecule has 0 unspecified atom stereocenters. The Labute approximate surface area is 84.5 Å². The van der Waals surface area contributed by atoms with Crippen LogP contribution in [-0.4, -0.2) is 18.5 Å². The maximum Gasteiger partial charge on any atom is 0.165 e. The van der Waals surface area contributed by atoms with Crippen LogP contribution in [0.2, 0.25) is 0 Å². The van der Waals surface area contributed by atoms with Crippen LogP contribution in [0.4, 0.5) is 0 Å². The lowest BCUT2D eigenvalue weighted by atomic mass is 10.1. The van der Waals surface area contributed by atoms with Crippen LogP contribution in [0.15, 0.2) is 16.6 Å². The monoisotopic (exact) mass is 244 g/mol. The van der Waals surface area contributed by atoms with Gasteiger partial charge in [-0.15, -0.1) is 0 Å². The van der Waals surface area contributed by atoms with Crippen molar-refractivity contribution < 1.29 is 14.6 Å². The minimum Gasteiger partial charge on any atom is -0.504 e. The predicted molar refractivity (Wildman–Crippen MR) is 52.1 cm³/mol. The van der Waals surface area contributed by atoms with Crippen LogP contribution in [0, 0.1) is 0 Å². The van der Waals surface area contributed by atoms with Crippen LogP contribution in [0.5, 0.6) is 11.5 Å². The number of benzene rings is 1. The van der Waals surface area contributed by atoms with Crippen LogP contribution in [0.3, 0.4) is 0 Å². The van der Waals surface area contributed by atoms with E-state index in [-0.39, 0.29) is 12.2 Å². The predicted octanol–water partition coefficient (Wildman–Crippen LogP) is 1.90. The summed E-state index contributed by atoms with van der Waals surface area (Å²) < 4.78 is 5.73. The van der Waals surface area contributed by atoms with Crippen LogP contribution < -0.4 is 4.74 Å². The zero-order valence-corrected chi connectivity index (χ0v) is 8.67. The third-order valence-corrected chi connectivity index (χ3v) is 2.42. The summed E-state index contributed by atoms with van der Waals surface area (Å²) >= 11 is 3.27. The molecule has 0 radical (unpaired) electrons. The Morgan fingerprint density at radius 2 is 2.31 bits per heavy atom. The van der Waals surface area contributed by atoms with Gasteiger partial charge in [0, 0.05) is 16.5 Å². The second kappa shape index (κ2) is 4.28. The van der Waals surface area contributed by atoms with Gasteiger partial charge in [0.15, 0.2) is 11.5 Å². The highest BCUT2D eigenvalue weighted by atomic mass is 79.9. The first-order chi connectivity index (χ1) is 6.20. The zero-order valence-electron chi connectivity index (χ0n) is 7.08. The average Bonchev–Trinajstić information content (AvgIpc) is 2.12. The van der Waals surface area contributed by atoms with Gasteiger partial charge in [-0.05, 0) is 12.1 Å². The molecule has 0 bridgehead atoms. The van der Waals surface area contributed by atoms with Crippen LogP contribution in [0.1, 0.15) is 5.56 Å². The fraction of sp³-hybridized carbons (Fsp3) is 0.222. The molecule has 70 valence electrons. The molecule has 1 rings (SSSR count). The maximum atomic E-state index is 10.3. The van der Waals surface area contributed by atoms with E-state index in [1.165, 1.54) is 13.2 Å². The molecule has 4 heteroatoms. The number of methoxy groups -OCH3 is 1. The Morgan fingerprint density at radius 3 is 2.85 bits per heavy atom. The largest absolute Gasteiger partial charge is 0.504 e. The third-order valence-electron chi connectivity index (χ3n) is 1.67. The van der Waals surface area contributed by atoms with Crippen molar-refractivity contribution in [3.8, 4) is 11.5 Å². The molecule has 0 aliphatic heterocycles. The number of aldehydes is 1. The highest BCUT2D eigenvalue weighted by molar-refractivity contribution is 9.10. The first-order valence-corrected chi connectivity index (χ1v) is 4.48. The normalized spacial score (nSPS) is 9.69. The van der Waals surface area contributed by atoms with Crippen LogP contribution in [-0.2, 0) is 11.2 Å². The first kappa shape index (κ1) is 10.1. The molecular weight excluding hydrogens is 236 g/mol. The molecule has 0 aromatic heterocycles. The Kier molecular flexibility index (Phi) is 3.31. The van der Waals surface area contributed by atoms with Gasteiger partial charge >= 0.3 is 0 Å². The fourth-order valence-corrected chi connectivity index (χ4v) is 1.57. The second-order valence-corrected chi connectivity index (χ2v) is 3.30. The number of aromatic hydroxyl groups is 1. The molecule has 1 aromatic rings. The third kappa shape index (κ3) is 2.01. The van der Waals surface area contributed by atoms with E-state index in [0.717, 1.165) is 10.8 Å². The van der Waals surface area contributed by atoms with Crippen LogP contribution >= 0.6 is 15.9 Å². The molecule has 0 saturated carbocycles. The lowest BCUT2D eigenvalue weighted by molar-refractivity contribution is -0.107. The molecule has 0 heterocycles. The van der Waals surface area contributed by atoms with E-state index >= 15 is 0 Å². The second-order valence-electron chi connectivity index (χ2n) is 2.45. The molecule has 3 nitrogen and oxygen atoms in total. The summed E-state index contributed by atoms with van der Waals surface area (Å²) in [6.45, 7) is 0. The maximum absolute atomic E-state index is 10.3. The van der Waals surface area contributed by atoms with Gasteiger partial charge in [0.05, 0.1) is 7.11 Å². The van der Waals surface area contributed by atoms with Gasteiger partial charge in [-0.2, -0.15) is 0 Å². The summed E-state index contributed by atoms with van der Waals surface area (Å²) in [5.41, 5.74) is 0.664. The van der Waals surface area contributed by atoms with Gasteiger partial charge in [0.1, 0.15) is 6.29 Å². The van der Waals surface area contributed by atoms with Crippen molar-refractivity contribution in [2.45, 2.75) is 6.42 Å². The molecule has 1 aromatic carbocycles. The number of halogens is 1. The summed E-state index contributed by atoms with van der Waals surface area (Å²) in [6, 6.07) is 3.19. The molecule has 13 heavy (non-hydrogen) atoms. The highest BCUT2D eigenvalue weighted by Gasteiger charge is 2.11. The van der Waals surface area contributed by atoms with E-state index in [9.17, 15) is 9.90 Å². The summed E-state index contributed by atoms with van der Waals surface area (Å²) in [5.74, 6) is 0.393. The van der Waals surface area contributed by atoms with E-state index in [4.69, 9.17) is 4.74 Å². The van der Waals surface area contributed by atoms with Crippen LogP contribution in [0.25, 0.3) is 0 Å². The van der Waals surface area contributed by atoms with Gasteiger partial charge in [-0.1, -0.05) is 15.9 Å². The SMILES string of the molecule is COc1c(O)ccc(Br)c1CC=O. The minimum absolute atomic E-state index is 0.0440. The van der Waals surface area contributed by atoms with Crippen molar-refractivity contribution in [1.29, 1.82) is 0 Å². The number of rotatable bonds is 3. The Morgan fingerprint density at radius 1 is 1.62 bits per heavy atom. The van der Waals surface area contributed by atoms with E-state index in [1.54, 1.807) is 6.07 Å². The van der Waals surface area contributed by atoms with Gasteiger partial charge in [0.2, 0.25) is 0 Å². The molecule has 0 fully saturated rings. The lowest BCUT2D eigenvalue weighted by Crippen LogP contribution is -1.94. The van der Waals surface area contributed by atoms with Crippen molar-refractivity contribution in [1.82, 2.24) is 0 Å².